The molecular formula is C8H10O4S. The van der Waals surface area contributed by atoms with E-state index in [1.807, 2.05) is 0 Å². The fraction of sp³-hybridized carbons (Fsp3) is 0.250. The lowest BCUT2D eigenvalue weighted by Gasteiger charge is -2.04. The van der Waals surface area contributed by atoms with Crippen LogP contribution in [0.2, 0.25) is 0 Å². The summed E-state index contributed by atoms with van der Waals surface area (Å²) >= 11 is 0. The predicted octanol–water partition coefficient (Wildman–Crippen LogP) is 1.35. The van der Waals surface area contributed by atoms with Gasteiger partial charge >= 0.3 is 10.4 Å². The minimum Gasteiger partial charge on any atom is -0.362 e. The molecule has 0 saturated carbocycles. The molecule has 0 bridgehead atoms. The lowest BCUT2D eigenvalue weighted by atomic mass is 10.3. The van der Waals surface area contributed by atoms with Crippen molar-refractivity contribution in [3.8, 4) is 5.75 Å². The number of para-hydroxylation sites is 1. The van der Waals surface area contributed by atoms with Crippen molar-refractivity contribution in [2.75, 3.05) is 6.61 Å². The van der Waals surface area contributed by atoms with Crippen molar-refractivity contribution < 1.29 is 16.8 Å². The van der Waals surface area contributed by atoms with Crippen molar-refractivity contribution in [1.29, 1.82) is 0 Å². The summed E-state index contributed by atoms with van der Waals surface area (Å²) < 4.78 is 30.9. The second-order valence-corrected chi connectivity index (χ2v) is 3.43. The Kier molecular flexibility index (Phi) is 3.27. The Bertz CT molecular complexity index is 344. The van der Waals surface area contributed by atoms with Crippen molar-refractivity contribution in [2.45, 2.75) is 6.92 Å². The first kappa shape index (κ1) is 10.0. The van der Waals surface area contributed by atoms with Crippen molar-refractivity contribution >= 4 is 10.4 Å². The molecule has 0 aliphatic heterocycles. The molecule has 13 heavy (non-hydrogen) atoms. The lowest BCUT2D eigenvalue weighted by Crippen LogP contribution is -2.12. The molecule has 0 aromatic heterocycles. The molecule has 0 heterocycles. The van der Waals surface area contributed by atoms with Crippen molar-refractivity contribution in [3.05, 3.63) is 30.3 Å². The monoisotopic (exact) mass is 202 g/mol. The SMILES string of the molecule is CCOS(=O)(=O)Oc1ccccc1. The molecule has 0 unspecified atom stereocenters. The molecule has 0 atom stereocenters. The van der Waals surface area contributed by atoms with E-state index in [-0.39, 0.29) is 12.4 Å². The quantitative estimate of drug-likeness (QED) is 0.739. The third-order valence-electron chi connectivity index (χ3n) is 1.20. The minimum absolute atomic E-state index is 0.0646. The summed E-state index contributed by atoms with van der Waals surface area (Å²) in [6.45, 7) is 1.64. The van der Waals surface area contributed by atoms with Crippen LogP contribution in [0.5, 0.6) is 5.75 Å². The van der Waals surface area contributed by atoms with Gasteiger partial charge in [-0.1, -0.05) is 18.2 Å². The second-order valence-electron chi connectivity index (χ2n) is 2.21. The van der Waals surface area contributed by atoms with E-state index in [2.05, 4.69) is 8.37 Å². The van der Waals surface area contributed by atoms with Crippen LogP contribution in [-0.2, 0) is 14.6 Å². The maximum atomic E-state index is 11.0. The molecule has 4 nitrogen and oxygen atoms in total. The van der Waals surface area contributed by atoms with Crippen LogP contribution in [0, 0.1) is 0 Å². The highest BCUT2D eigenvalue weighted by Gasteiger charge is 2.11. The average Bonchev–Trinajstić information content (AvgIpc) is 2.04. The number of hydrogen-bond donors (Lipinski definition) is 0. The molecule has 72 valence electrons. The molecule has 0 aliphatic rings. The second kappa shape index (κ2) is 4.25. The molecule has 0 spiro atoms. The summed E-state index contributed by atoms with van der Waals surface area (Å²) in [5, 5.41) is 0. The Morgan fingerprint density at radius 3 is 2.38 bits per heavy atom. The smallest absolute Gasteiger partial charge is 0.362 e. The fourth-order valence-corrected chi connectivity index (χ4v) is 1.45. The fourth-order valence-electron chi connectivity index (χ4n) is 0.762. The van der Waals surface area contributed by atoms with Gasteiger partial charge in [0.05, 0.1) is 6.61 Å². The third kappa shape index (κ3) is 3.43. The van der Waals surface area contributed by atoms with Gasteiger partial charge in [0.1, 0.15) is 5.75 Å². The van der Waals surface area contributed by atoms with Crippen LogP contribution >= 0.6 is 0 Å². The molecule has 0 aliphatic carbocycles. The van der Waals surface area contributed by atoms with E-state index in [1.165, 1.54) is 12.1 Å². The van der Waals surface area contributed by atoms with Crippen molar-refractivity contribution in [2.24, 2.45) is 0 Å². The zero-order chi connectivity index (χ0) is 9.73. The Morgan fingerprint density at radius 2 is 1.85 bits per heavy atom. The molecule has 0 saturated heterocycles. The average molecular weight is 202 g/mol. The largest absolute Gasteiger partial charge is 0.449 e. The van der Waals surface area contributed by atoms with Gasteiger partial charge in [0.2, 0.25) is 0 Å². The predicted molar refractivity (Wildman–Crippen MR) is 47.6 cm³/mol. The summed E-state index contributed by atoms with van der Waals surface area (Å²) in [6.07, 6.45) is 0. The molecule has 1 rings (SSSR count). The van der Waals surface area contributed by atoms with Gasteiger partial charge in [-0.3, -0.25) is 0 Å². The Hall–Kier alpha value is -1.07. The topological polar surface area (TPSA) is 52.6 Å². The Balaban J connectivity index is 2.70. The van der Waals surface area contributed by atoms with Gasteiger partial charge in [-0.25, -0.2) is 4.18 Å². The van der Waals surface area contributed by atoms with Crippen molar-refractivity contribution in [3.63, 3.8) is 0 Å². The van der Waals surface area contributed by atoms with E-state index < -0.39 is 10.4 Å². The first-order chi connectivity index (χ1) is 6.14. The third-order valence-corrected chi connectivity index (χ3v) is 2.12. The normalized spacial score (nSPS) is 11.2. The molecule has 5 heteroatoms. The number of rotatable bonds is 4. The molecule has 0 fully saturated rings. The molecular weight excluding hydrogens is 192 g/mol. The minimum atomic E-state index is -3.88. The maximum Gasteiger partial charge on any atom is 0.449 e. The van der Waals surface area contributed by atoms with Crippen LogP contribution in [0.1, 0.15) is 6.92 Å². The highest BCUT2D eigenvalue weighted by molar-refractivity contribution is 7.82. The molecule has 0 N–H and O–H groups in total. The maximum absolute atomic E-state index is 11.0. The zero-order valence-electron chi connectivity index (χ0n) is 7.14. The summed E-state index contributed by atoms with van der Waals surface area (Å²) in [4.78, 5) is 0. The van der Waals surface area contributed by atoms with Crippen LogP contribution in [0.3, 0.4) is 0 Å². The van der Waals surface area contributed by atoms with E-state index in [4.69, 9.17) is 0 Å². The number of hydrogen-bond acceptors (Lipinski definition) is 4. The van der Waals surface area contributed by atoms with Crippen molar-refractivity contribution in [1.82, 2.24) is 0 Å². The van der Waals surface area contributed by atoms with E-state index in [1.54, 1.807) is 25.1 Å². The summed E-state index contributed by atoms with van der Waals surface area (Å²) in [6, 6.07) is 8.20. The standard InChI is InChI=1S/C8H10O4S/c1-2-11-13(9,10)12-8-6-4-3-5-7-8/h3-7H,2H2,1H3. The summed E-state index contributed by atoms with van der Waals surface area (Å²) in [7, 11) is -3.88. The van der Waals surface area contributed by atoms with Crippen LogP contribution < -0.4 is 4.18 Å². The highest BCUT2D eigenvalue weighted by atomic mass is 32.3. The van der Waals surface area contributed by atoms with Gasteiger partial charge in [-0.05, 0) is 19.1 Å². The Labute approximate surface area is 77.4 Å². The van der Waals surface area contributed by atoms with Crippen LogP contribution in [0.25, 0.3) is 0 Å². The van der Waals surface area contributed by atoms with Crippen LogP contribution in [-0.4, -0.2) is 15.0 Å². The van der Waals surface area contributed by atoms with E-state index in [0.29, 0.717) is 0 Å². The molecule has 0 amide bonds. The van der Waals surface area contributed by atoms with E-state index in [9.17, 15) is 8.42 Å². The molecule has 0 radical (unpaired) electrons. The number of benzene rings is 1. The molecule has 1 aromatic rings. The van der Waals surface area contributed by atoms with E-state index in [0.717, 1.165) is 0 Å². The van der Waals surface area contributed by atoms with Crippen LogP contribution in [0.15, 0.2) is 30.3 Å². The van der Waals surface area contributed by atoms with Gasteiger partial charge in [0, 0.05) is 0 Å². The first-order valence-corrected chi connectivity index (χ1v) is 5.11. The first-order valence-electron chi connectivity index (χ1n) is 3.78. The zero-order valence-corrected chi connectivity index (χ0v) is 7.95. The van der Waals surface area contributed by atoms with Gasteiger partial charge in [-0.2, -0.15) is 8.42 Å². The van der Waals surface area contributed by atoms with Gasteiger partial charge < -0.3 is 4.18 Å². The Morgan fingerprint density at radius 1 is 1.23 bits per heavy atom. The summed E-state index contributed by atoms with van der Waals surface area (Å²) in [5.74, 6) is 0.246. The van der Waals surface area contributed by atoms with Gasteiger partial charge in [0.25, 0.3) is 0 Å². The lowest BCUT2D eigenvalue weighted by molar-refractivity contribution is 0.288. The highest BCUT2D eigenvalue weighted by Crippen LogP contribution is 2.11. The van der Waals surface area contributed by atoms with E-state index >= 15 is 0 Å². The van der Waals surface area contributed by atoms with Gasteiger partial charge in [-0.15, -0.1) is 0 Å². The van der Waals surface area contributed by atoms with Gasteiger partial charge in [0.15, 0.2) is 0 Å². The molecule has 1 aromatic carbocycles. The van der Waals surface area contributed by atoms with Crippen LogP contribution in [0.4, 0.5) is 0 Å². The summed E-state index contributed by atoms with van der Waals surface area (Å²) in [5.41, 5.74) is 0.